The molecular formula is C12H13N. The quantitative estimate of drug-likeness (QED) is 0.606. The molecule has 2 aromatic rings. The third-order valence-corrected chi connectivity index (χ3v) is 2.40. The lowest BCUT2D eigenvalue weighted by molar-refractivity contribution is 1.46. The van der Waals surface area contributed by atoms with Crippen LogP contribution in [0.1, 0.15) is 11.1 Å². The van der Waals surface area contributed by atoms with E-state index in [-0.39, 0.29) is 0 Å². The lowest BCUT2D eigenvalue weighted by Gasteiger charge is -2.06. The summed E-state index contributed by atoms with van der Waals surface area (Å²) in [4.78, 5) is 0. The van der Waals surface area contributed by atoms with Gasteiger partial charge in [0.1, 0.15) is 0 Å². The number of nitrogens with two attached hydrogens (primary N) is 1. The predicted molar refractivity (Wildman–Crippen MR) is 57.8 cm³/mol. The molecule has 1 heteroatoms. The van der Waals surface area contributed by atoms with E-state index in [2.05, 4.69) is 32.0 Å². The molecule has 0 aliphatic heterocycles. The second-order valence-electron chi connectivity index (χ2n) is 3.51. The fourth-order valence-electron chi connectivity index (χ4n) is 1.89. The number of hydrogen-bond acceptors (Lipinski definition) is 1. The van der Waals surface area contributed by atoms with Gasteiger partial charge in [0.2, 0.25) is 0 Å². The number of anilines is 1. The highest BCUT2D eigenvalue weighted by atomic mass is 14.5. The second kappa shape index (κ2) is 2.77. The molecule has 1 nitrogen and oxygen atoms in total. The van der Waals surface area contributed by atoms with Crippen LogP contribution >= 0.6 is 0 Å². The van der Waals surface area contributed by atoms with Crippen molar-refractivity contribution in [2.75, 3.05) is 5.73 Å². The first-order valence-corrected chi connectivity index (χ1v) is 4.44. The molecule has 0 saturated carbocycles. The van der Waals surface area contributed by atoms with E-state index in [1.807, 2.05) is 12.1 Å². The summed E-state index contributed by atoms with van der Waals surface area (Å²) in [6.45, 7) is 4.23. The summed E-state index contributed by atoms with van der Waals surface area (Å²) in [5.41, 5.74) is 9.19. The largest absolute Gasteiger partial charge is 0.399 e. The van der Waals surface area contributed by atoms with E-state index in [0.717, 1.165) is 5.69 Å². The molecule has 0 fully saturated rings. The zero-order valence-electron chi connectivity index (χ0n) is 7.96. The van der Waals surface area contributed by atoms with Crippen molar-refractivity contribution in [1.29, 1.82) is 0 Å². The first kappa shape index (κ1) is 8.11. The van der Waals surface area contributed by atoms with Crippen LogP contribution in [0.15, 0.2) is 30.3 Å². The van der Waals surface area contributed by atoms with Gasteiger partial charge in [-0.1, -0.05) is 18.2 Å². The first-order chi connectivity index (χ1) is 6.18. The molecular weight excluding hydrogens is 158 g/mol. The van der Waals surface area contributed by atoms with Crippen molar-refractivity contribution >= 4 is 16.5 Å². The van der Waals surface area contributed by atoms with Gasteiger partial charge in [-0.25, -0.2) is 0 Å². The van der Waals surface area contributed by atoms with Crippen LogP contribution in [0.3, 0.4) is 0 Å². The maximum Gasteiger partial charge on any atom is 0.0323 e. The minimum absolute atomic E-state index is 0.843. The van der Waals surface area contributed by atoms with Crippen molar-refractivity contribution < 1.29 is 0 Å². The zero-order chi connectivity index (χ0) is 9.42. The Morgan fingerprint density at radius 3 is 2.54 bits per heavy atom. The molecule has 0 saturated heterocycles. The van der Waals surface area contributed by atoms with Crippen LogP contribution in [0.4, 0.5) is 5.69 Å². The Balaban J connectivity index is 2.94. The van der Waals surface area contributed by atoms with Gasteiger partial charge in [0.05, 0.1) is 0 Å². The van der Waals surface area contributed by atoms with Crippen molar-refractivity contribution in [2.45, 2.75) is 13.8 Å². The Bertz CT molecular complexity index is 458. The molecule has 0 amide bonds. The van der Waals surface area contributed by atoms with Gasteiger partial charge < -0.3 is 5.73 Å². The highest BCUT2D eigenvalue weighted by Crippen LogP contribution is 2.24. The highest BCUT2D eigenvalue weighted by molar-refractivity contribution is 5.91. The summed E-state index contributed by atoms with van der Waals surface area (Å²) in [6, 6.07) is 10.3. The molecule has 0 aliphatic carbocycles. The van der Waals surface area contributed by atoms with Crippen LogP contribution in [0.5, 0.6) is 0 Å². The summed E-state index contributed by atoms with van der Waals surface area (Å²) in [7, 11) is 0. The maximum atomic E-state index is 5.77. The molecule has 0 unspecified atom stereocenters. The Labute approximate surface area is 78.2 Å². The first-order valence-electron chi connectivity index (χ1n) is 4.44. The van der Waals surface area contributed by atoms with Gasteiger partial charge >= 0.3 is 0 Å². The van der Waals surface area contributed by atoms with E-state index in [4.69, 9.17) is 5.73 Å². The smallest absolute Gasteiger partial charge is 0.0323 e. The summed E-state index contributed by atoms with van der Waals surface area (Å²) in [6.07, 6.45) is 0. The fraction of sp³-hybridized carbons (Fsp3) is 0.167. The molecule has 2 N–H and O–H groups in total. The van der Waals surface area contributed by atoms with Crippen LogP contribution in [0, 0.1) is 13.8 Å². The van der Waals surface area contributed by atoms with E-state index in [9.17, 15) is 0 Å². The summed E-state index contributed by atoms with van der Waals surface area (Å²) in [5, 5.41) is 2.56. The summed E-state index contributed by atoms with van der Waals surface area (Å²) in [5.74, 6) is 0. The molecule has 0 heterocycles. The molecule has 0 aromatic heterocycles. The Hall–Kier alpha value is -1.50. The molecule has 2 rings (SSSR count). The van der Waals surface area contributed by atoms with Crippen molar-refractivity contribution in [1.82, 2.24) is 0 Å². The topological polar surface area (TPSA) is 26.0 Å². The molecule has 0 radical (unpaired) electrons. The Morgan fingerprint density at radius 2 is 1.77 bits per heavy atom. The van der Waals surface area contributed by atoms with E-state index >= 15 is 0 Å². The second-order valence-corrected chi connectivity index (χ2v) is 3.51. The average Bonchev–Trinajstić information content (AvgIpc) is 2.02. The van der Waals surface area contributed by atoms with E-state index in [1.165, 1.54) is 21.9 Å². The van der Waals surface area contributed by atoms with Crippen molar-refractivity contribution in [3.63, 3.8) is 0 Å². The normalized spacial score (nSPS) is 10.6. The number of rotatable bonds is 0. The molecule has 2 aromatic carbocycles. The van der Waals surface area contributed by atoms with Crippen molar-refractivity contribution in [2.24, 2.45) is 0 Å². The summed E-state index contributed by atoms with van der Waals surface area (Å²) < 4.78 is 0. The van der Waals surface area contributed by atoms with Gasteiger partial charge in [0.15, 0.2) is 0 Å². The van der Waals surface area contributed by atoms with Gasteiger partial charge in [0.25, 0.3) is 0 Å². The maximum absolute atomic E-state index is 5.77. The van der Waals surface area contributed by atoms with E-state index in [1.54, 1.807) is 0 Å². The Morgan fingerprint density at radius 1 is 1.00 bits per heavy atom. The lowest BCUT2D eigenvalue weighted by atomic mass is 10.0. The standard InChI is InChI=1S/C12H13N/c1-8-4-3-5-10-7-11(13)6-9(2)12(8)10/h3-7H,13H2,1-2H3. The molecule has 0 spiro atoms. The van der Waals surface area contributed by atoms with Crippen LogP contribution in [0.2, 0.25) is 0 Å². The van der Waals surface area contributed by atoms with Crippen LogP contribution in [0.25, 0.3) is 10.8 Å². The number of hydrogen-bond donors (Lipinski definition) is 1. The van der Waals surface area contributed by atoms with Crippen molar-refractivity contribution in [3.05, 3.63) is 41.5 Å². The van der Waals surface area contributed by atoms with Crippen LogP contribution in [-0.4, -0.2) is 0 Å². The minimum atomic E-state index is 0.843. The number of fused-ring (bicyclic) bond motifs is 1. The summed E-state index contributed by atoms with van der Waals surface area (Å²) >= 11 is 0. The Kier molecular flexibility index (Phi) is 1.73. The van der Waals surface area contributed by atoms with Gasteiger partial charge in [0, 0.05) is 5.69 Å². The van der Waals surface area contributed by atoms with Gasteiger partial charge in [-0.05, 0) is 47.9 Å². The van der Waals surface area contributed by atoms with Crippen molar-refractivity contribution in [3.8, 4) is 0 Å². The number of benzene rings is 2. The SMILES string of the molecule is Cc1cccc2cc(N)cc(C)c12. The van der Waals surface area contributed by atoms with Gasteiger partial charge in [-0.2, -0.15) is 0 Å². The van der Waals surface area contributed by atoms with E-state index < -0.39 is 0 Å². The average molecular weight is 171 g/mol. The van der Waals surface area contributed by atoms with Crippen LogP contribution in [-0.2, 0) is 0 Å². The lowest BCUT2D eigenvalue weighted by Crippen LogP contribution is -1.88. The molecule has 0 atom stereocenters. The third kappa shape index (κ3) is 1.26. The third-order valence-electron chi connectivity index (χ3n) is 2.40. The minimum Gasteiger partial charge on any atom is -0.399 e. The van der Waals surface area contributed by atoms with Crippen LogP contribution < -0.4 is 5.73 Å². The number of aryl methyl sites for hydroxylation is 2. The van der Waals surface area contributed by atoms with E-state index in [0.29, 0.717) is 0 Å². The van der Waals surface area contributed by atoms with Gasteiger partial charge in [-0.3, -0.25) is 0 Å². The molecule has 0 aliphatic rings. The fourth-order valence-corrected chi connectivity index (χ4v) is 1.89. The monoisotopic (exact) mass is 171 g/mol. The molecule has 0 bridgehead atoms. The zero-order valence-corrected chi connectivity index (χ0v) is 7.96. The van der Waals surface area contributed by atoms with Gasteiger partial charge in [-0.15, -0.1) is 0 Å². The highest BCUT2D eigenvalue weighted by Gasteiger charge is 2.00. The molecule has 13 heavy (non-hydrogen) atoms. The molecule has 66 valence electrons. The predicted octanol–water partition coefficient (Wildman–Crippen LogP) is 3.04. The number of nitrogen functional groups attached to an aromatic ring is 1.